The van der Waals surface area contributed by atoms with Gasteiger partial charge in [-0.15, -0.1) is 105 Å². The van der Waals surface area contributed by atoms with Crippen molar-refractivity contribution in [2.75, 3.05) is 0 Å². The molecule has 3 aliphatic carbocycles. The van der Waals surface area contributed by atoms with Crippen LogP contribution in [0.25, 0.3) is 66.5 Å². The number of rotatable bonds is 10. The summed E-state index contributed by atoms with van der Waals surface area (Å²) in [4.78, 5) is 49.3. The minimum atomic E-state index is -0.417. The predicted octanol–water partition coefficient (Wildman–Crippen LogP) is 31.2. The van der Waals surface area contributed by atoms with Gasteiger partial charge in [0.25, 0.3) is 0 Å². The molecule has 6 aromatic carbocycles. The molecule has 3 aliphatic rings. The Balaban J connectivity index is 0.000000319. The molecule has 12 rings (SSSR count). The molecule has 3 fully saturated rings. The standard InChI is InChI=1S/C27H32N.C26H30N.C25H28N.3C11H20O2.3Ir/c1-18-14-23(17-24(15-18)27(3,4)5)26-13-11-22-16-21(10-12-25(22)28-26)19(2)20-8-6-7-9-20;1-18-14-22(17-23(15-18)26(2,3)4)25-13-11-21-16-20(10-12-24(21)27-25)19-8-6-5-7-9-19;1-17-13-21(16-22(14-17)25(2,3)4)24-12-10-20-15-19(9-11-23(20)26-24)18-7-5-6-8-18;3*1-10(2,3)8(12)7-9(13)11(4,5)6;;;/h10-13,15-17,19-20H,6-9H2,1-5H3;10-13,15-17,19H,5-9H2,1-4H3;9-12,14-16,18H,5-8H2,1-4H3;3*7,12H,1-6H3;;;/q3*-1;;;;;;. The number of benzene rings is 6. The van der Waals surface area contributed by atoms with E-state index in [0.717, 1.165) is 68.1 Å². The number of allylic oxidation sites excluding steroid dienone is 6. The molecule has 0 aliphatic heterocycles. The van der Waals surface area contributed by atoms with Crippen molar-refractivity contribution in [3.05, 3.63) is 231 Å². The van der Waals surface area contributed by atoms with Crippen molar-refractivity contribution in [1.29, 1.82) is 0 Å². The first-order chi connectivity index (χ1) is 55.3. The van der Waals surface area contributed by atoms with Crippen LogP contribution < -0.4 is 0 Å². The fourth-order valence-corrected chi connectivity index (χ4v) is 14.6. The summed E-state index contributed by atoms with van der Waals surface area (Å²) in [5, 5.41) is 32.4. The van der Waals surface area contributed by atoms with E-state index in [0.29, 0.717) is 5.92 Å². The van der Waals surface area contributed by atoms with Crippen LogP contribution in [0.1, 0.15) is 345 Å². The first-order valence-electron chi connectivity index (χ1n) is 44.5. The van der Waals surface area contributed by atoms with Gasteiger partial charge in [-0.25, -0.2) is 0 Å². The molecule has 0 amide bonds. The Bertz CT molecular complexity index is 4990. The molecule has 9 aromatic rings. The van der Waals surface area contributed by atoms with E-state index in [9.17, 15) is 29.7 Å². The number of aliphatic hydroxyl groups is 3. The van der Waals surface area contributed by atoms with Gasteiger partial charge >= 0.3 is 0 Å². The number of ketones is 3. The van der Waals surface area contributed by atoms with E-state index < -0.39 is 16.2 Å². The molecule has 123 heavy (non-hydrogen) atoms. The average Bonchev–Trinajstić information content (AvgIpc) is 0.842. The Labute approximate surface area is 784 Å². The Hall–Kier alpha value is -6.87. The predicted molar refractivity (Wildman–Crippen MR) is 510 cm³/mol. The number of fused-ring (bicyclic) bond motifs is 3. The topological polar surface area (TPSA) is 151 Å². The van der Waals surface area contributed by atoms with Crippen LogP contribution in [0.4, 0.5) is 0 Å². The molecule has 3 saturated carbocycles. The zero-order valence-electron chi connectivity index (χ0n) is 80.8. The number of aryl methyl sites for hydroxylation is 3. The number of hydrogen-bond donors (Lipinski definition) is 3. The molecule has 675 valence electrons. The molecule has 1 atom stereocenters. The molecule has 3 heterocycles. The van der Waals surface area contributed by atoms with Crippen LogP contribution in [0, 0.1) is 77.4 Å². The third-order valence-electron chi connectivity index (χ3n) is 23.4. The minimum Gasteiger partial charge on any atom is -0.512 e. The Morgan fingerprint density at radius 2 is 0.593 bits per heavy atom. The van der Waals surface area contributed by atoms with E-state index in [1.807, 2.05) is 125 Å². The van der Waals surface area contributed by atoms with Gasteiger partial charge in [0.2, 0.25) is 0 Å². The number of hydrogen-bond acceptors (Lipinski definition) is 9. The van der Waals surface area contributed by atoms with Crippen molar-refractivity contribution in [3.8, 4) is 33.8 Å². The van der Waals surface area contributed by atoms with Gasteiger partial charge in [0.1, 0.15) is 17.3 Å². The zero-order valence-corrected chi connectivity index (χ0v) is 88.0. The number of pyridine rings is 3. The van der Waals surface area contributed by atoms with Crippen LogP contribution in [0.2, 0.25) is 0 Å². The smallest absolute Gasteiger partial charge is 0.164 e. The third kappa shape index (κ3) is 33.1. The molecular formula is C111H150Ir3N3O6-3. The van der Waals surface area contributed by atoms with Crippen molar-refractivity contribution in [3.63, 3.8) is 0 Å². The van der Waals surface area contributed by atoms with Crippen LogP contribution in [0.3, 0.4) is 0 Å². The van der Waals surface area contributed by atoms with Crippen LogP contribution in [-0.4, -0.2) is 47.6 Å². The second-order valence-electron chi connectivity index (χ2n) is 43.9. The Kier molecular flexibility index (Phi) is 39.4. The normalized spacial score (nSPS) is 15.2. The van der Waals surface area contributed by atoms with Crippen molar-refractivity contribution < 1.29 is 90.0 Å². The van der Waals surface area contributed by atoms with Crippen LogP contribution >= 0.6 is 0 Å². The summed E-state index contributed by atoms with van der Waals surface area (Å²) in [5.41, 5.74) is 19.6. The van der Waals surface area contributed by atoms with Gasteiger partial charge in [0.05, 0.1) is 16.6 Å². The van der Waals surface area contributed by atoms with Crippen LogP contribution in [0.15, 0.2) is 163 Å². The molecular weight excluding hydrogens is 2050 g/mol. The summed E-state index contributed by atoms with van der Waals surface area (Å²) < 4.78 is 0. The zero-order chi connectivity index (χ0) is 89.8. The van der Waals surface area contributed by atoms with Crippen molar-refractivity contribution in [2.45, 2.75) is 332 Å². The quantitative estimate of drug-likeness (QED) is 0.0691. The first-order valence-corrected chi connectivity index (χ1v) is 44.5. The van der Waals surface area contributed by atoms with Gasteiger partial charge in [-0.2, -0.15) is 0 Å². The van der Waals surface area contributed by atoms with Crippen molar-refractivity contribution in [1.82, 2.24) is 15.0 Å². The summed E-state index contributed by atoms with van der Waals surface area (Å²) >= 11 is 0. The average molecular weight is 2200 g/mol. The molecule has 0 bridgehead atoms. The Morgan fingerprint density at radius 1 is 0.333 bits per heavy atom. The fourth-order valence-electron chi connectivity index (χ4n) is 14.6. The van der Waals surface area contributed by atoms with E-state index in [1.165, 1.54) is 168 Å². The maximum atomic E-state index is 11.5. The number of nitrogens with zero attached hydrogens (tertiary/aromatic N) is 3. The largest absolute Gasteiger partial charge is 0.512 e. The number of carbonyl (C=O) groups is 3. The molecule has 3 N–H and O–H groups in total. The number of aliphatic hydroxyl groups excluding tert-OH is 3. The van der Waals surface area contributed by atoms with E-state index in [-0.39, 0.29) is 127 Å². The summed E-state index contributed by atoms with van der Waals surface area (Å²) in [6.07, 6.45) is 21.8. The molecule has 3 aromatic heterocycles. The maximum Gasteiger partial charge on any atom is 0.164 e. The fraction of sp³-hybridized carbons (Fsp3) is 0.514. The molecule has 3 radical (unpaired) electrons. The summed E-state index contributed by atoms with van der Waals surface area (Å²) in [6.45, 7) is 62.4. The minimum absolute atomic E-state index is 0. The molecule has 0 saturated heterocycles. The van der Waals surface area contributed by atoms with Crippen LogP contribution in [-0.2, 0) is 90.9 Å². The van der Waals surface area contributed by atoms with Gasteiger partial charge in [0, 0.05) is 111 Å². The summed E-state index contributed by atoms with van der Waals surface area (Å²) in [7, 11) is 0. The van der Waals surface area contributed by atoms with E-state index in [4.69, 9.17) is 15.0 Å². The number of carbonyl (C=O) groups excluding carboxylic acids is 3. The maximum absolute atomic E-state index is 11.5. The second kappa shape index (κ2) is 44.7. The van der Waals surface area contributed by atoms with Gasteiger partial charge in [0.15, 0.2) is 17.3 Å². The summed E-state index contributed by atoms with van der Waals surface area (Å²) in [5.74, 6) is 3.29. The van der Waals surface area contributed by atoms with Gasteiger partial charge in [-0.05, 0) is 165 Å². The SMILES string of the molecule is CC(C)(C)C(=O)C=C(O)C(C)(C)C.CC(C)(C)C(=O)C=C(O)C(C)(C)C.CC(C)(C)C(=O)C=C(O)C(C)(C)C.Cc1[c-]c(-c2ccc3cc(C(C)C4CCCC4)ccc3n2)cc(C(C)(C)C)c1.Cc1[c-]c(-c2ccc3cc(C4CCCC4)ccc3n2)cc(C(C)(C)C)c1.Cc1[c-]c(-c2ccc3cc(C4CCCCC4)ccc3n2)cc(C(C)(C)C)c1.[Ir].[Ir].[Ir]. The van der Waals surface area contributed by atoms with E-state index in [2.05, 4.69) is 236 Å². The van der Waals surface area contributed by atoms with Crippen molar-refractivity contribution in [2.24, 2.45) is 38.4 Å². The van der Waals surface area contributed by atoms with Gasteiger partial charge < -0.3 is 15.3 Å². The van der Waals surface area contributed by atoms with Crippen molar-refractivity contribution >= 4 is 50.1 Å². The first kappa shape index (κ1) is 108. The second-order valence-corrected chi connectivity index (χ2v) is 43.9. The number of aromatic nitrogens is 3. The molecule has 9 nitrogen and oxygen atoms in total. The molecule has 0 spiro atoms. The monoisotopic (exact) mass is 2200 g/mol. The summed E-state index contributed by atoms with van der Waals surface area (Å²) in [6, 6.07) is 57.7. The third-order valence-corrected chi connectivity index (χ3v) is 23.4. The van der Waals surface area contributed by atoms with Crippen LogP contribution in [0.5, 0.6) is 0 Å². The van der Waals surface area contributed by atoms with Gasteiger partial charge in [-0.3, -0.25) is 29.3 Å². The van der Waals surface area contributed by atoms with E-state index >= 15 is 0 Å². The Morgan fingerprint density at radius 3 is 0.862 bits per heavy atom. The van der Waals surface area contributed by atoms with Gasteiger partial charge in [-0.1, -0.05) is 314 Å². The molecule has 1 unspecified atom stereocenters. The molecule has 12 heteroatoms. The van der Waals surface area contributed by atoms with E-state index in [1.54, 1.807) is 0 Å².